The maximum atomic E-state index is 6.33. The summed E-state index contributed by atoms with van der Waals surface area (Å²) in [5, 5.41) is 13.0. The Hall–Kier alpha value is -2.87. The Kier molecular flexibility index (Phi) is 6.03. The molecule has 30 heavy (non-hydrogen) atoms. The zero-order chi connectivity index (χ0) is 21.1. The van der Waals surface area contributed by atoms with Crippen molar-refractivity contribution in [1.82, 2.24) is 24.6 Å². The molecule has 0 unspecified atom stereocenters. The number of fused-ring (bicyclic) bond motifs is 1. The minimum Gasteiger partial charge on any atom is -0.336 e. The van der Waals surface area contributed by atoms with E-state index in [1.54, 1.807) is 24.4 Å². The first-order valence-electron chi connectivity index (χ1n) is 9.42. The molecule has 0 fully saturated rings. The van der Waals surface area contributed by atoms with Crippen LogP contribution < -0.4 is 10.6 Å². The molecule has 7 nitrogen and oxygen atoms in total. The lowest BCUT2D eigenvalue weighted by Crippen LogP contribution is -2.19. The highest BCUT2D eigenvalue weighted by atomic mass is 35.5. The third-order valence-electron chi connectivity index (χ3n) is 4.48. The predicted octanol–water partition coefficient (Wildman–Crippen LogP) is 5.18. The van der Waals surface area contributed by atoms with Crippen molar-refractivity contribution in [3.8, 4) is 0 Å². The van der Waals surface area contributed by atoms with E-state index >= 15 is 0 Å². The normalized spacial score (nSPS) is 11.2. The van der Waals surface area contributed by atoms with Crippen molar-refractivity contribution >= 4 is 57.4 Å². The summed E-state index contributed by atoms with van der Waals surface area (Å²) in [6.45, 7) is 1.48. The van der Waals surface area contributed by atoms with Crippen molar-refractivity contribution in [2.45, 2.75) is 6.54 Å². The number of anilines is 4. The molecule has 0 atom stereocenters. The number of likely N-dealkylation sites (N-methyl/N-ethyl adjacent to an activating group) is 1. The fraction of sp³-hybridized carbons (Fsp3) is 0.190. The molecule has 0 saturated carbocycles. The molecule has 2 heterocycles. The molecule has 0 spiro atoms. The van der Waals surface area contributed by atoms with Crippen LogP contribution in [0.3, 0.4) is 0 Å². The lowest BCUT2D eigenvalue weighted by molar-refractivity contribution is 0.376. The van der Waals surface area contributed by atoms with Crippen LogP contribution in [0, 0.1) is 0 Å². The summed E-state index contributed by atoms with van der Waals surface area (Å²) in [6, 6.07) is 15.2. The average Bonchev–Trinajstić information content (AvgIpc) is 3.07. The fourth-order valence-corrected chi connectivity index (χ4v) is 3.44. The van der Waals surface area contributed by atoms with Crippen molar-refractivity contribution in [2.24, 2.45) is 0 Å². The van der Waals surface area contributed by atoms with E-state index in [0.717, 1.165) is 23.3 Å². The molecule has 2 aromatic heterocycles. The largest absolute Gasteiger partial charge is 0.336 e. The first-order chi connectivity index (χ1) is 14.5. The standard InChI is InChI=1S/C21H21Cl2N7/c1-29(2)11-12-30-20-15(13-24-21(27-20)25-14-7-4-3-5-8-14)19(28-30)26-18-16(22)9-6-10-17(18)23/h3-10,13H,11-12H2,1-2H3,(H,26,28)(H,24,25,27). The van der Waals surface area contributed by atoms with Crippen LogP contribution in [-0.4, -0.2) is 45.3 Å². The van der Waals surface area contributed by atoms with Gasteiger partial charge in [0.25, 0.3) is 0 Å². The van der Waals surface area contributed by atoms with Crippen molar-refractivity contribution < 1.29 is 0 Å². The number of benzene rings is 2. The third-order valence-corrected chi connectivity index (χ3v) is 5.11. The van der Waals surface area contributed by atoms with Crippen LogP contribution in [-0.2, 0) is 6.54 Å². The second-order valence-corrected chi connectivity index (χ2v) is 7.83. The van der Waals surface area contributed by atoms with Gasteiger partial charge in [-0.15, -0.1) is 0 Å². The van der Waals surface area contributed by atoms with Gasteiger partial charge in [-0.2, -0.15) is 10.1 Å². The van der Waals surface area contributed by atoms with Crippen molar-refractivity contribution in [3.63, 3.8) is 0 Å². The summed E-state index contributed by atoms with van der Waals surface area (Å²) in [6.07, 6.45) is 1.75. The highest BCUT2D eigenvalue weighted by Gasteiger charge is 2.16. The third kappa shape index (κ3) is 4.48. The molecule has 9 heteroatoms. The molecule has 2 N–H and O–H groups in total. The highest BCUT2D eigenvalue weighted by Crippen LogP contribution is 2.34. The summed E-state index contributed by atoms with van der Waals surface area (Å²) in [4.78, 5) is 11.3. The van der Waals surface area contributed by atoms with Crippen LogP contribution in [0.2, 0.25) is 10.0 Å². The summed E-state index contributed by atoms with van der Waals surface area (Å²) >= 11 is 12.7. The number of hydrogen-bond donors (Lipinski definition) is 2. The Morgan fingerprint density at radius 1 is 0.967 bits per heavy atom. The van der Waals surface area contributed by atoms with Crippen molar-refractivity contribution in [1.29, 1.82) is 0 Å². The molecule has 4 rings (SSSR count). The Bertz CT molecular complexity index is 1140. The lowest BCUT2D eigenvalue weighted by Gasteiger charge is -2.10. The summed E-state index contributed by atoms with van der Waals surface area (Å²) in [5.41, 5.74) is 2.24. The Morgan fingerprint density at radius 3 is 2.40 bits per heavy atom. The van der Waals surface area contributed by atoms with E-state index in [1.165, 1.54) is 0 Å². The van der Waals surface area contributed by atoms with Gasteiger partial charge >= 0.3 is 0 Å². The van der Waals surface area contributed by atoms with E-state index in [-0.39, 0.29) is 0 Å². The zero-order valence-electron chi connectivity index (χ0n) is 16.6. The molecule has 4 aromatic rings. The van der Waals surface area contributed by atoms with E-state index in [4.69, 9.17) is 33.3 Å². The first kappa shape index (κ1) is 20.4. The van der Waals surface area contributed by atoms with Crippen LogP contribution in [0.1, 0.15) is 0 Å². The Morgan fingerprint density at radius 2 is 1.70 bits per heavy atom. The zero-order valence-corrected chi connectivity index (χ0v) is 18.1. The maximum Gasteiger partial charge on any atom is 0.229 e. The monoisotopic (exact) mass is 441 g/mol. The van der Waals surface area contributed by atoms with Gasteiger partial charge in [-0.25, -0.2) is 9.67 Å². The molecule has 2 aromatic carbocycles. The molecular weight excluding hydrogens is 421 g/mol. The molecule has 0 aliphatic rings. The van der Waals surface area contributed by atoms with E-state index in [1.807, 2.05) is 49.1 Å². The van der Waals surface area contributed by atoms with Gasteiger partial charge in [0, 0.05) is 18.4 Å². The quantitative estimate of drug-likeness (QED) is 0.411. The molecule has 0 aliphatic heterocycles. The predicted molar refractivity (Wildman–Crippen MR) is 123 cm³/mol. The van der Waals surface area contributed by atoms with Crippen LogP contribution in [0.5, 0.6) is 0 Å². The minimum absolute atomic E-state index is 0.502. The van der Waals surface area contributed by atoms with Gasteiger partial charge in [0.05, 0.1) is 27.7 Å². The van der Waals surface area contributed by atoms with Crippen LogP contribution >= 0.6 is 23.2 Å². The average molecular weight is 442 g/mol. The van der Waals surface area contributed by atoms with Gasteiger partial charge in [-0.05, 0) is 38.4 Å². The van der Waals surface area contributed by atoms with E-state index in [9.17, 15) is 0 Å². The number of halogens is 2. The Balaban J connectivity index is 1.73. The smallest absolute Gasteiger partial charge is 0.229 e. The molecule has 154 valence electrons. The molecular formula is C21H21Cl2N7. The summed E-state index contributed by atoms with van der Waals surface area (Å²) in [7, 11) is 4.04. The van der Waals surface area contributed by atoms with Gasteiger partial charge in [0.1, 0.15) is 0 Å². The van der Waals surface area contributed by atoms with Crippen molar-refractivity contribution in [2.75, 3.05) is 31.3 Å². The molecule has 0 amide bonds. The molecule has 0 saturated heterocycles. The number of aromatic nitrogens is 4. The van der Waals surface area contributed by atoms with Crippen LogP contribution in [0.25, 0.3) is 11.0 Å². The van der Waals surface area contributed by atoms with Crippen molar-refractivity contribution in [3.05, 3.63) is 64.8 Å². The Labute approximate surface area is 184 Å². The van der Waals surface area contributed by atoms with E-state index in [0.29, 0.717) is 34.0 Å². The molecule has 0 bridgehead atoms. The van der Waals surface area contributed by atoms with Gasteiger partial charge in [0.2, 0.25) is 5.95 Å². The second-order valence-electron chi connectivity index (χ2n) is 7.02. The molecule has 0 radical (unpaired) electrons. The van der Waals surface area contributed by atoms with Crippen LogP contribution in [0.15, 0.2) is 54.7 Å². The number of para-hydroxylation sites is 2. The second kappa shape index (κ2) is 8.87. The van der Waals surface area contributed by atoms with Gasteiger partial charge in [-0.3, -0.25) is 0 Å². The summed E-state index contributed by atoms with van der Waals surface area (Å²) < 4.78 is 1.86. The number of nitrogens with zero attached hydrogens (tertiary/aromatic N) is 5. The first-order valence-corrected chi connectivity index (χ1v) is 10.2. The lowest BCUT2D eigenvalue weighted by atomic mass is 10.3. The number of hydrogen-bond acceptors (Lipinski definition) is 6. The maximum absolute atomic E-state index is 6.33. The van der Waals surface area contributed by atoms with Gasteiger partial charge in [-0.1, -0.05) is 47.5 Å². The number of rotatable bonds is 7. The topological polar surface area (TPSA) is 70.9 Å². The van der Waals surface area contributed by atoms with E-state index in [2.05, 4.69) is 20.5 Å². The minimum atomic E-state index is 0.502. The number of nitrogens with one attached hydrogen (secondary N) is 2. The fourth-order valence-electron chi connectivity index (χ4n) is 2.95. The van der Waals surface area contributed by atoms with Gasteiger partial charge in [0.15, 0.2) is 11.5 Å². The van der Waals surface area contributed by atoms with Crippen LogP contribution in [0.4, 0.5) is 23.1 Å². The van der Waals surface area contributed by atoms with E-state index < -0.39 is 0 Å². The molecule has 0 aliphatic carbocycles. The van der Waals surface area contributed by atoms with Gasteiger partial charge < -0.3 is 15.5 Å². The summed E-state index contributed by atoms with van der Waals surface area (Å²) in [5.74, 6) is 1.10. The highest BCUT2D eigenvalue weighted by molar-refractivity contribution is 6.39. The SMILES string of the molecule is CN(C)CCn1nc(Nc2c(Cl)cccc2Cl)c2cnc(Nc3ccccc3)nc21.